The van der Waals surface area contributed by atoms with Crippen molar-refractivity contribution >= 4 is 11.8 Å². The molecule has 0 spiro atoms. The van der Waals surface area contributed by atoms with Gasteiger partial charge in [-0.3, -0.25) is 5.32 Å². The van der Waals surface area contributed by atoms with Crippen LogP contribution >= 0.6 is 0 Å². The molecule has 0 aromatic carbocycles. The van der Waals surface area contributed by atoms with Crippen molar-refractivity contribution in [1.82, 2.24) is 14.9 Å². The molecule has 2 amide bonds. The molecule has 1 fully saturated rings. The molecule has 0 aliphatic carbocycles. The first kappa shape index (κ1) is 16.5. The summed E-state index contributed by atoms with van der Waals surface area (Å²) in [5.74, 6) is 0.693. The van der Waals surface area contributed by atoms with Gasteiger partial charge in [-0.25, -0.2) is 14.8 Å². The third kappa shape index (κ3) is 4.06. The maximum absolute atomic E-state index is 12.9. The van der Waals surface area contributed by atoms with Crippen molar-refractivity contribution in [2.75, 3.05) is 18.4 Å². The standard InChI is InChI=1S/C13H17F3N4O2/c1-8-17-5-4-10(18-8)19-11(21)20-6-9(13(14,15)16)22-12(2,3)7-20/h4-5,9H,6-7H2,1-3H3,(H,17,18,19,21). The summed E-state index contributed by atoms with van der Waals surface area (Å²) in [4.78, 5) is 21.1. The van der Waals surface area contributed by atoms with Crippen LogP contribution in [0.4, 0.5) is 23.8 Å². The first-order valence-corrected chi connectivity index (χ1v) is 6.67. The maximum atomic E-state index is 12.9. The zero-order valence-electron chi connectivity index (χ0n) is 12.4. The summed E-state index contributed by atoms with van der Waals surface area (Å²) in [7, 11) is 0. The predicted molar refractivity (Wildman–Crippen MR) is 72.4 cm³/mol. The van der Waals surface area contributed by atoms with Gasteiger partial charge < -0.3 is 9.64 Å². The van der Waals surface area contributed by atoms with Crippen LogP contribution in [0.5, 0.6) is 0 Å². The Morgan fingerprint density at radius 3 is 2.77 bits per heavy atom. The van der Waals surface area contributed by atoms with Crippen LogP contribution in [-0.2, 0) is 4.74 Å². The van der Waals surface area contributed by atoms with E-state index in [-0.39, 0.29) is 12.4 Å². The van der Waals surface area contributed by atoms with Crippen LogP contribution in [0.25, 0.3) is 0 Å². The number of carbonyl (C=O) groups is 1. The number of alkyl halides is 3. The highest BCUT2D eigenvalue weighted by atomic mass is 19.4. The third-order valence-electron chi connectivity index (χ3n) is 3.08. The number of carbonyl (C=O) groups excluding carboxylic acids is 1. The summed E-state index contributed by atoms with van der Waals surface area (Å²) < 4.78 is 43.7. The Morgan fingerprint density at radius 2 is 2.18 bits per heavy atom. The molecule has 1 aromatic rings. The van der Waals surface area contributed by atoms with Gasteiger partial charge in [-0.15, -0.1) is 0 Å². The molecule has 1 saturated heterocycles. The molecule has 1 atom stereocenters. The molecule has 1 aliphatic rings. The summed E-state index contributed by atoms with van der Waals surface area (Å²) in [5, 5.41) is 2.48. The number of amides is 2. The van der Waals surface area contributed by atoms with Gasteiger partial charge in [0.1, 0.15) is 11.6 Å². The molecular formula is C13H17F3N4O2. The van der Waals surface area contributed by atoms with Gasteiger partial charge in [-0.2, -0.15) is 13.2 Å². The Bertz CT molecular complexity index is 562. The average Bonchev–Trinajstić information content (AvgIpc) is 2.35. The Balaban J connectivity index is 2.11. The third-order valence-corrected chi connectivity index (χ3v) is 3.08. The lowest BCUT2D eigenvalue weighted by atomic mass is 10.1. The SMILES string of the molecule is Cc1nccc(NC(=O)N2CC(C(F)(F)F)OC(C)(C)C2)n1. The highest BCUT2D eigenvalue weighted by Crippen LogP contribution is 2.31. The largest absolute Gasteiger partial charge is 0.416 e. The van der Waals surface area contributed by atoms with Crippen molar-refractivity contribution in [1.29, 1.82) is 0 Å². The lowest BCUT2D eigenvalue weighted by Gasteiger charge is -2.42. The van der Waals surface area contributed by atoms with Gasteiger partial charge in [0, 0.05) is 6.20 Å². The van der Waals surface area contributed by atoms with Gasteiger partial charge in [0.25, 0.3) is 0 Å². The lowest BCUT2D eigenvalue weighted by molar-refractivity contribution is -0.267. The number of aromatic nitrogens is 2. The van der Waals surface area contributed by atoms with E-state index in [1.807, 2.05) is 0 Å². The first-order chi connectivity index (χ1) is 10.1. The van der Waals surface area contributed by atoms with Crippen LogP contribution in [0.2, 0.25) is 0 Å². The number of nitrogens with one attached hydrogen (secondary N) is 1. The second-order valence-corrected chi connectivity index (χ2v) is 5.71. The minimum Gasteiger partial charge on any atom is -0.359 e. The molecule has 122 valence electrons. The van der Waals surface area contributed by atoms with E-state index in [0.717, 1.165) is 4.90 Å². The Hall–Kier alpha value is -1.90. The molecule has 0 saturated carbocycles. The second-order valence-electron chi connectivity index (χ2n) is 5.71. The quantitative estimate of drug-likeness (QED) is 0.863. The minimum absolute atomic E-state index is 0.0511. The van der Waals surface area contributed by atoms with Crippen molar-refractivity contribution in [2.45, 2.75) is 38.7 Å². The molecule has 0 radical (unpaired) electrons. The number of hydrogen-bond donors (Lipinski definition) is 1. The van der Waals surface area contributed by atoms with Crippen molar-refractivity contribution in [3.63, 3.8) is 0 Å². The summed E-state index contributed by atoms with van der Waals surface area (Å²) in [6.45, 7) is 4.17. The Morgan fingerprint density at radius 1 is 1.50 bits per heavy atom. The topological polar surface area (TPSA) is 67.4 Å². The second kappa shape index (κ2) is 5.71. The fourth-order valence-electron chi connectivity index (χ4n) is 2.22. The summed E-state index contributed by atoms with van der Waals surface area (Å²) in [5.41, 5.74) is -1.09. The van der Waals surface area contributed by atoms with E-state index in [2.05, 4.69) is 15.3 Å². The van der Waals surface area contributed by atoms with E-state index < -0.39 is 30.5 Å². The normalized spacial score (nSPS) is 21.5. The fraction of sp³-hybridized carbons (Fsp3) is 0.615. The number of ether oxygens (including phenoxy) is 1. The highest BCUT2D eigenvalue weighted by molar-refractivity contribution is 5.88. The number of halogens is 3. The van der Waals surface area contributed by atoms with Crippen molar-refractivity contribution < 1.29 is 22.7 Å². The average molecular weight is 318 g/mol. The van der Waals surface area contributed by atoms with Gasteiger partial charge in [0.15, 0.2) is 6.10 Å². The van der Waals surface area contributed by atoms with Gasteiger partial charge >= 0.3 is 12.2 Å². The van der Waals surface area contributed by atoms with Crippen molar-refractivity contribution in [2.24, 2.45) is 0 Å². The van der Waals surface area contributed by atoms with Gasteiger partial charge in [0.2, 0.25) is 0 Å². The van der Waals surface area contributed by atoms with Gasteiger partial charge in [-0.1, -0.05) is 0 Å². The number of urea groups is 1. The molecule has 1 aliphatic heterocycles. The van der Waals surface area contributed by atoms with Crippen LogP contribution in [0.15, 0.2) is 12.3 Å². The van der Waals surface area contributed by atoms with Crippen LogP contribution in [-0.4, -0.2) is 51.9 Å². The lowest BCUT2D eigenvalue weighted by Crippen LogP contribution is -2.59. The monoisotopic (exact) mass is 318 g/mol. The van der Waals surface area contributed by atoms with E-state index in [4.69, 9.17) is 4.74 Å². The number of nitrogens with zero attached hydrogens (tertiary/aromatic N) is 3. The summed E-state index contributed by atoms with van der Waals surface area (Å²) >= 11 is 0. The minimum atomic E-state index is -4.53. The molecule has 0 bridgehead atoms. The van der Waals surface area contributed by atoms with Gasteiger partial charge in [-0.05, 0) is 26.8 Å². The Kier molecular flexibility index (Phi) is 4.28. The van der Waals surface area contributed by atoms with Crippen molar-refractivity contribution in [3.8, 4) is 0 Å². The number of rotatable bonds is 1. The zero-order chi connectivity index (χ0) is 16.5. The summed E-state index contributed by atoms with van der Waals surface area (Å²) in [6.07, 6.45) is -5.07. The van der Waals surface area contributed by atoms with E-state index in [0.29, 0.717) is 5.82 Å². The van der Waals surface area contributed by atoms with Gasteiger partial charge in [0.05, 0.1) is 18.7 Å². The van der Waals surface area contributed by atoms with Crippen LogP contribution in [0, 0.1) is 6.92 Å². The smallest absolute Gasteiger partial charge is 0.359 e. The highest BCUT2D eigenvalue weighted by Gasteiger charge is 2.49. The number of hydrogen-bond acceptors (Lipinski definition) is 4. The molecule has 1 aromatic heterocycles. The number of aryl methyl sites for hydroxylation is 1. The predicted octanol–water partition coefficient (Wildman–Crippen LogP) is 2.36. The van der Waals surface area contributed by atoms with E-state index in [9.17, 15) is 18.0 Å². The van der Waals surface area contributed by atoms with Crippen LogP contribution in [0.1, 0.15) is 19.7 Å². The Labute approximate surface area is 125 Å². The molecule has 2 heterocycles. The molecular weight excluding hydrogens is 301 g/mol. The van der Waals surface area contributed by atoms with E-state index in [1.165, 1.54) is 26.1 Å². The molecule has 1 unspecified atom stereocenters. The summed E-state index contributed by atoms with van der Waals surface area (Å²) in [6, 6.07) is 0.821. The number of morpholine rings is 1. The zero-order valence-corrected chi connectivity index (χ0v) is 12.4. The first-order valence-electron chi connectivity index (χ1n) is 6.67. The molecule has 9 heteroatoms. The van der Waals surface area contributed by atoms with Crippen LogP contribution < -0.4 is 5.32 Å². The van der Waals surface area contributed by atoms with Crippen LogP contribution in [0.3, 0.4) is 0 Å². The number of anilines is 1. The van der Waals surface area contributed by atoms with Crippen molar-refractivity contribution in [3.05, 3.63) is 18.1 Å². The molecule has 1 N–H and O–H groups in total. The maximum Gasteiger partial charge on any atom is 0.416 e. The molecule has 6 nitrogen and oxygen atoms in total. The van der Waals surface area contributed by atoms with E-state index in [1.54, 1.807) is 6.92 Å². The fourth-order valence-corrected chi connectivity index (χ4v) is 2.22. The molecule has 2 rings (SSSR count). The molecule has 22 heavy (non-hydrogen) atoms. The van der Waals surface area contributed by atoms with E-state index >= 15 is 0 Å².